The zero-order chi connectivity index (χ0) is 18.4. The highest BCUT2D eigenvalue weighted by Gasteiger charge is 2.13. The Bertz CT molecular complexity index is 878. The van der Waals surface area contributed by atoms with E-state index < -0.39 is 0 Å². The lowest BCUT2D eigenvalue weighted by atomic mass is 9.99. The van der Waals surface area contributed by atoms with Gasteiger partial charge in [-0.3, -0.25) is 9.59 Å². The van der Waals surface area contributed by atoms with E-state index in [-0.39, 0.29) is 23.5 Å². The highest BCUT2D eigenvalue weighted by Crippen LogP contribution is 2.15. The van der Waals surface area contributed by atoms with Gasteiger partial charge in [-0.05, 0) is 49.1 Å². The number of ether oxygens (including phenoxy) is 1. The first kappa shape index (κ1) is 18.3. The fourth-order valence-electron chi connectivity index (χ4n) is 2.73. The molecule has 2 rings (SSSR count). The van der Waals surface area contributed by atoms with Gasteiger partial charge in [-0.25, -0.2) is 0 Å². The van der Waals surface area contributed by atoms with Crippen LogP contribution in [0.2, 0.25) is 0 Å². The third-order valence-electron chi connectivity index (χ3n) is 4.15. The smallest absolute Gasteiger partial charge is 0.266 e. The van der Waals surface area contributed by atoms with Crippen molar-refractivity contribution in [1.29, 1.82) is 5.26 Å². The summed E-state index contributed by atoms with van der Waals surface area (Å²) < 4.78 is 5.16. The molecule has 0 radical (unpaired) electrons. The lowest BCUT2D eigenvalue weighted by molar-refractivity contribution is -0.121. The molecule has 0 bridgehead atoms. The van der Waals surface area contributed by atoms with E-state index in [1.54, 1.807) is 21.0 Å². The Kier molecular flexibility index (Phi) is 5.96. The Morgan fingerprint density at radius 2 is 2.12 bits per heavy atom. The minimum Gasteiger partial charge on any atom is -0.497 e. The zero-order valence-corrected chi connectivity index (χ0v) is 14.6. The number of nitrogens with zero attached hydrogens (tertiary/aromatic N) is 1. The van der Waals surface area contributed by atoms with E-state index in [9.17, 15) is 9.59 Å². The first-order valence-electron chi connectivity index (χ1n) is 7.98. The average Bonchev–Trinajstić information content (AvgIpc) is 2.60. The topological polar surface area (TPSA) is 95.0 Å². The number of aromatic amines is 1. The van der Waals surface area contributed by atoms with Gasteiger partial charge < -0.3 is 15.0 Å². The number of carbonyl (C=O) groups excluding carboxylic acids is 1. The standard InChI is InChI=1S/C19H21N3O3/c1-12-16(13(2)22-19(24)17(12)10-20)7-8-18(23)21-11-14-5-4-6-15(9-14)25-3/h4-6,9H,7-8,11H2,1-3H3,(H,21,23)(H,22,24). The SMILES string of the molecule is COc1cccc(CNC(=O)CCc2c(C)[nH]c(=O)c(C#N)c2C)c1. The number of methoxy groups -OCH3 is 1. The molecule has 1 heterocycles. The van der Waals surface area contributed by atoms with Crippen molar-refractivity contribution < 1.29 is 9.53 Å². The van der Waals surface area contributed by atoms with Gasteiger partial charge in [0.05, 0.1) is 7.11 Å². The predicted octanol–water partition coefficient (Wildman–Crippen LogP) is 2.12. The first-order chi connectivity index (χ1) is 12.0. The molecule has 0 saturated heterocycles. The Morgan fingerprint density at radius 3 is 2.80 bits per heavy atom. The summed E-state index contributed by atoms with van der Waals surface area (Å²) in [6, 6.07) is 9.42. The van der Waals surface area contributed by atoms with Crippen LogP contribution in [0.4, 0.5) is 0 Å². The summed E-state index contributed by atoms with van der Waals surface area (Å²) in [6.45, 7) is 3.94. The van der Waals surface area contributed by atoms with Crippen molar-refractivity contribution in [2.24, 2.45) is 0 Å². The number of hydrogen-bond donors (Lipinski definition) is 2. The third kappa shape index (κ3) is 4.48. The van der Waals surface area contributed by atoms with Gasteiger partial charge in [0.15, 0.2) is 0 Å². The molecule has 6 nitrogen and oxygen atoms in total. The maximum Gasteiger partial charge on any atom is 0.266 e. The number of pyridine rings is 1. The van der Waals surface area contributed by atoms with E-state index in [1.807, 2.05) is 30.3 Å². The molecule has 130 valence electrons. The fourth-order valence-corrected chi connectivity index (χ4v) is 2.73. The van der Waals surface area contributed by atoms with Crippen molar-refractivity contribution in [2.75, 3.05) is 7.11 Å². The fraction of sp³-hybridized carbons (Fsp3) is 0.316. The third-order valence-corrected chi connectivity index (χ3v) is 4.15. The number of amides is 1. The Hall–Kier alpha value is -3.07. The van der Waals surface area contributed by atoms with Crippen molar-refractivity contribution in [2.45, 2.75) is 33.2 Å². The Balaban J connectivity index is 1.99. The van der Waals surface area contributed by atoms with Gasteiger partial charge in [-0.2, -0.15) is 5.26 Å². The zero-order valence-electron chi connectivity index (χ0n) is 14.6. The summed E-state index contributed by atoms with van der Waals surface area (Å²) >= 11 is 0. The van der Waals surface area contributed by atoms with E-state index >= 15 is 0 Å². The number of H-pyrrole nitrogens is 1. The van der Waals surface area contributed by atoms with Gasteiger partial charge >= 0.3 is 0 Å². The number of aryl methyl sites for hydroxylation is 1. The highest BCUT2D eigenvalue weighted by atomic mass is 16.5. The second-order valence-corrected chi connectivity index (χ2v) is 5.80. The van der Waals surface area contributed by atoms with Gasteiger partial charge in [0.2, 0.25) is 5.91 Å². The van der Waals surface area contributed by atoms with E-state index in [2.05, 4.69) is 10.3 Å². The van der Waals surface area contributed by atoms with Crippen LogP contribution in [0.1, 0.15) is 34.4 Å². The molecule has 1 amide bonds. The first-order valence-corrected chi connectivity index (χ1v) is 7.98. The lowest BCUT2D eigenvalue weighted by Gasteiger charge is -2.11. The second kappa shape index (κ2) is 8.15. The molecule has 25 heavy (non-hydrogen) atoms. The number of aromatic nitrogens is 1. The summed E-state index contributed by atoms with van der Waals surface area (Å²) in [5, 5.41) is 12.0. The van der Waals surface area contributed by atoms with E-state index in [0.717, 1.165) is 16.9 Å². The molecular formula is C19H21N3O3. The van der Waals surface area contributed by atoms with Crippen LogP contribution in [-0.4, -0.2) is 18.0 Å². The summed E-state index contributed by atoms with van der Waals surface area (Å²) in [4.78, 5) is 26.5. The van der Waals surface area contributed by atoms with Crippen LogP contribution >= 0.6 is 0 Å². The van der Waals surface area contributed by atoms with Gasteiger partial charge in [-0.1, -0.05) is 12.1 Å². The Morgan fingerprint density at radius 1 is 1.36 bits per heavy atom. The van der Waals surface area contributed by atoms with Gasteiger partial charge in [0, 0.05) is 18.7 Å². The summed E-state index contributed by atoms with van der Waals surface area (Å²) in [5.41, 5.74) is 2.86. The minimum atomic E-state index is -0.385. The molecule has 1 aromatic heterocycles. The van der Waals surface area contributed by atoms with Crippen LogP contribution in [0, 0.1) is 25.2 Å². The van der Waals surface area contributed by atoms with Crippen LogP contribution in [0.15, 0.2) is 29.1 Å². The number of nitrogens with one attached hydrogen (secondary N) is 2. The molecule has 0 aliphatic rings. The van der Waals surface area contributed by atoms with Crippen molar-refractivity contribution >= 4 is 5.91 Å². The number of rotatable bonds is 6. The van der Waals surface area contributed by atoms with Crippen molar-refractivity contribution in [3.63, 3.8) is 0 Å². The maximum atomic E-state index is 12.1. The summed E-state index contributed by atoms with van der Waals surface area (Å²) in [5.74, 6) is 0.654. The van der Waals surface area contributed by atoms with E-state index in [0.29, 0.717) is 24.2 Å². The van der Waals surface area contributed by atoms with Crippen LogP contribution in [0.3, 0.4) is 0 Å². The van der Waals surface area contributed by atoms with Gasteiger partial charge in [0.1, 0.15) is 17.4 Å². The van der Waals surface area contributed by atoms with Crippen LogP contribution < -0.4 is 15.6 Å². The molecule has 2 N–H and O–H groups in total. The predicted molar refractivity (Wildman–Crippen MR) is 94.4 cm³/mol. The van der Waals surface area contributed by atoms with E-state index in [1.165, 1.54) is 0 Å². The molecule has 0 aliphatic heterocycles. The number of hydrogen-bond acceptors (Lipinski definition) is 4. The van der Waals surface area contributed by atoms with Crippen LogP contribution in [0.25, 0.3) is 0 Å². The normalized spacial score (nSPS) is 10.2. The highest BCUT2D eigenvalue weighted by molar-refractivity contribution is 5.76. The van der Waals surface area contributed by atoms with Crippen molar-refractivity contribution in [3.05, 3.63) is 62.6 Å². The molecule has 0 fully saturated rings. The molecule has 2 aromatic rings. The molecule has 0 unspecified atom stereocenters. The molecule has 0 spiro atoms. The molecule has 0 aliphatic carbocycles. The second-order valence-electron chi connectivity index (χ2n) is 5.80. The monoisotopic (exact) mass is 339 g/mol. The summed E-state index contributed by atoms with van der Waals surface area (Å²) in [7, 11) is 1.60. The van der Waals surface area contributed by atoms with Crippen LogP contribution in [-0.2, 0) is 17.8 Å². The van der Waals surface area contributed by atoms with Crippen molar-refractivity contribution in [1.82, 2.24) is 10.3 Å². The average molecular weight is 339 g/mol. The lowest BCUT2D eigenvalue weighted by Crippen LogP contribution is -2.24. The summed E-state index contributed by atoms with van der Waals surface area (Å²) in [6.07, 6.45) is 0.746. The Labute approximate surface area is 146 Å². The van der Waals surface area contributed by atoms with Gasteiger partial charge in [-0.15, -0.1) is 0 Å². The van der Waals surface area contributed by atoms with E-state index in [4.69, 9.17) is 10.00 Å². The number of nitriles is 1. The largest absolute Gasteiger partial charge is 0.497 e. The number of benzene rings is 1. The molecule has 0 atom stereocenters. The number of carbonyl (C=O) groups is 1. The minimum absolute atomic E-state index is 0.0914. The molecule has 6 heteroatoms. The molecule has 0 saturated carbocycles. The molecule has 1 aromatic carbocycles. The maximum absolute atomic E-state index is 12.1. The van der Waals surface area contributed by atoms with Crippen molar-refractivity contribution in [3.8, 4) is 11.8 Å². The molecular weight excluding hydrogens is 318 g/mol. The van der Waals surface area contributed by atoms with Crippen LogP contribution in [0.5, 0.6) is 5.75 Å². The quantitative estimate of drug-likeness (QED) is 0.843. The van der Waals surface area contributed by atoms with Gasteiger partial charge in [0.25, 0.3) is 5.56 Å².